The summed E-state index contributed by atoms with van der Waals surface area (Å²) >= 11 is 0. The van der Waals surface area contributed by atoms with Crippen LogP contribution in [-0.4, -0.2) is 40.4 Å². The zero-order valence-corrected chi connectivity index (χ0v) is 14.1. The highest BCUT2D eigenvalue weighted by Crippen LogP contribution is 2.19. The van der Waals surface area contributed by atoms with E-state index >= 15 is 0 Å². The van der Waals surface area contributed by atoms with Crippen molar-refractivity contribution in [2.24, 2.45) is 0 Å². The molecule has 3 nitrogen and oxygen atoms in total. The molecule has 124 valence electrons. The summed E-state index contributed by atoms with van der Waals surface area (Å²) in [6.45, 7) is 6.23. The fraction of sp³-hybridized carbons (Fsp3) is 1.00. The van der Waals surface area contributed by atoms with Crippen LogP contribution in [0.5, 0.6) is 0 Å². The van der Waals surface area contributed by atoms with Gasteiger partial charge >= 0.3 is 0 Å². The smallest absolute Gasteiger partial charge is 0.286 e. The molecule has 0 aromatic rings. The third-order valence-corrected chi connectivity index (χ3v) is 3.98. The van der Waals surface area contributed by atoms with Crippen LogP contribution in [0.25, 0.3) is 0 Å². The molecule has 0 aliphatic heterocycles. The molecule has 0 rings (SSSR count). The summed E-state index contributed by atoms with van der Waals surface area (Å²) < 4.78 is 13.3. The maximum atomic E-state index is 14.0. The van der Waals surface area contributed by atoms with Crippen molar-refractivity contribution in [3.8, 4) is 0 Å². The highest BCUT2D eigenvalue weighted by Gasteiger charge is 2.38. The van der Waals surface area contributed by atoms with E-state index in [1.165, 1.54) is 25.7 Å². The van der Waals surface area contributed by atoms with Crippen LogP contribution in [-0.2, 0) is 0 Å². The first kappa shape index (κ1) is 22.4. The summed E-state index contributed by atoms with van der Waals surface area (Å²) in [4.78, 5) is 0. The van der Waals surface area contributed by atoms with Gasteiger partial charge in [-0.05, 0) is 20.3 Å². The number of nitrogens with zero attached hydrogens (tertiary/aromatic N) is 1. The number of halogens is 2. The quantitative estimate of drug-likeness (QED) is 0.245. The first-order chi connectivity index (χ1) is 9.01. The third kappa shape index (κ3) is 8.40. The Balaban J connectivity index is 0. The molecular weight excluding hydrogens is 281 g/mol. The van der Waals surface area contributed by atoms with E-state index in [4.69, 9.17) is 0 Å². The first-order valence-electron chi connectivity index (χ1n) is 7.93. The number of unbranched alkanes of at least 4 members (excludes halogenated alkanes) is 6. The summed E-state index contributed by atoms with van der Waals surface area (Å²) in [7, 11) is 0. The molecule has 0 fully saturated rings. The highest BCUT2D eigenvalue weighted by atomic mass is 35.5. The van der Waals surface area contributed by atoms with Gasteiger partial charge in [0.25, 0.3) is 6.30 Å². The second kappa shape index (κ2) is 12.8. The number of aliphatic hydroxyl groups is 1. The Morgan fingerprint density at radius 2 is 1.35 bits per heavy atom. The van der Waals surface area contributed by atoms with Gasteiger partial charge < -0.3 is 17.5 Å². The molecule has 2 unspecified atom stereocenters. The number of hydroxylamine groups is 3. The zero-order valence-electron chi connectivity index (χ0n) is 13.3. The molecule has 0 heterocycles. The standard InChI is InChI=1S/C15H33FNO2.ClH/c1-4-7-8-9-10-11-12-13-14(18)15(16)17(19,5-2)6-3;/h14-15,18-19H,4-13H2,1-3H3;1H/q+1;/p-1. The summed E-state index contributed by atoms with van der Waals surface area (Å²) in [6.07, 6.45) is 5.85. The van der Waals surface area contributed by atoms with Crippen molar-refractivity contribution >= 4 is 0 Å². The second-order valence-electron chi connectivity index (χ2n) is 5.47. The number of likely N-dealkylation sites (N-methyl/N-ethyl adjacent to an activating group) is 1. The lowest BCUT2D eigenvalue weighted by atomic mass is 10.1. The molecule has 0 aromatic carbocycles. The fourth-order valence-electron chi connectivity index (χ4n) is 2.34. The van der Waals surface area contributed by atoms with Gasteiger partial charge in [0.05, 0.1) is 0 Å². The van der Waals surface area contributed by atoms with Gasteiger partial charge in [-0.25, -0.2) is 5.21 Å². The van der Waals surface area contributed by atoms with Crippen LogP contribution in [0.3, 0.4) is 0 Å². The van der Waals surface area contributed by atoms with Crippen LogP contribution >= 0.6 is 0 Å². The van der Waals surface area contributed by atoms with Crippen LogP contribution in [0.2, 0.25) is 0 Å². The van der Waals surface area contributed by atoms with Crippen molar-refractivity contribution in [1.29, 1.82) is 0 Å². The van der Waals surface area contributed by atoms with E-state index in [1.807, 2.05) is 0 Å². The van der Waals surface area contributed by atoms with Crippen LogP contribution in [0, 0.1) is 0 Å². The predicted octanol–water partition coefficient (Wildman–Crippen LogP) is 1.03. The average molecular weight is 314 g/mol. The van der Waals surface area contributed by atoms with Gasteiger partial charge in [0.2, 0.25) is 0 Å². The van der Waals surface area contributed by atoms with E-state index in [-0.39, 0.29) is 25.5 Å². The lowest BCUT2D eigenvalue weighted by molar-refractivity contribution is -1.13. The number of hydrogen-bond acceptors (Lipinski definition) is 2. The van der Waals surface area contributed by atoms with Gasteiger partial charge in [-0.15, -0.1) is 0 Å². The third-order valence-electron chi connectivity index (χ3n) is 3.98. The zero-order chi connectivity index (χ0) is 14.7. The van der Waals surface area contributed by atoms with Crippen LogP contribution < -0.4 is 12.4 Å². The summed E-state index contributed by atoms with van der Waals surface area (Å²) in [6, 6.07) is 0. The molecule has 0 aliphatic carbocycles. The van der Waals surface area contributed by atoms with E-state index in [9.17, 15) is 14.7 Å². The molecule has 0 aromatic heterocycles. The molecule has 0 saturated carbocycles. The SMILES string of the molecule is CCCCCCCCCC(O)C(F)[N+](O)(CC)CC.[Cl-]. The molecule has 0 spiro atoms. The van der Waals surface area contributed by atoms with Gasteiger partial charge in [0.1, 0.15) is 19.2 Å². The Hall–Kier alpha value is 0.1000. The number of quaternary nitrogens is 1. The number of alkyl halides is 1. The van der Waals surface area contributed by atoms with Crippen molar-refractivity contribution < 1.29 is 31.8 Å². The predicted molar refractivity (Wildman–Crippen MR) is 76.6 cm³/mol. The largest absolute Gasteiger partial charge is 1.00 e. The number of aliphatic hydroxyl groups excluding tert-OH is 1. The van der Waals surface area contributed by atoms with E-state index < -0.39 is 17.0 Å². The second-order valence-corrected chi connectivity index (χ2v) is 5.47. The lowest BCUT2D eigenvalue weighted by Crippen LogP contribution is -3.00. The van der Waals surface area contributed by atoms with Crippen molar-refractivity contribution in [2.75, 3.05) is 13.1 Å². The van der Waals surface area contributed by atoms with Gasteiger partial charge in [-0.3, -0.25) is 0 Å². The Labute approximate surface area is 130 Å². The maximum Gasteiger partial charge on any atom is 0.286 e. The Kier molecular flexibility index (Phi) is 14.3. The molecule has 20 heavy (non-hydrogen) atoms. The monoisotopic (exact) mass is 313 g/mol. The average Bonchev–Trinajstić information content (AvgIpc) is 2.44. The lowest BCUT2D eigenvalue weighted by Gasteiger charge is -2.33. The molecule has 0 bridgehead atoms. The van der Waals surface area contributed by atoms with Crippen molar-refractivity contribution in [2.45, 2.75) is 84.5 Å². The van der Waals surface area contributed by atoms with Crippen LogP contribution in [0.15, 0.2) is 0 Å². The molecule has 2 N–H and O–H groups in total. The Morgan fingerprint density at radius 1 is 0.900 bits per heavy atom. The van der Waals surface area contributed by atoms with Gasteiger partial charge in [0, 0.05) is 0 Å². The molecule has 0 amide bonds. The minimum absolute atomic E-state index is 0. The molecule has 0 aliphatic rings. The topological polar surface area (TPSA) is 40.5 Å². The Morgan fingerprint density at radius 3 is 1.80 bits per heavy atom. The van der Waals surface area contributed by atoms with E-state index in [2.05, 4.69) is 6.92 Å². The highest BCUT2D eigenvalue weighted by molar-refractivity contribution is 4.60. The summed E-state index contributed by atoms with van der Waals surface area (Å²) in [5.41, 5.74) is 0. The Bertz CT molecular complexity index is 216. The van der Waals surface area contributed by atoms with Crippen molar-refractivity contribution in [3.05, 3.63) is 0 Å². The van der Waals surface area contributed by atoms with Gasteiger partial charge in [-0.2, -0.15) is 9.04 Å². The van der Waals surface area contributed by atoms with E-state index in [0.29, 0.717) is 6.42 Å². The summed E-state index contributed by atoms with van der Waals surface area (Å²) in [5, 5.41) is 19.8. The van der Waals surface area contributed by atoms with Crippen molar-refractivity contribution in [1.82, 2.24) is 0 Å². The van der Waals surface area contributed by atoms with Crippen LogP contribution in [0.1, 0.15) is 72.1 Å². The molecule has 2 atom stereocenters. The normalized spacial score (nSPS) is 14.7. The van der Waals surface area contributed by atoms with Gasteiger partial charge in [0.15, 0.2) is 0 Å². The molecule has 5 heteroatoms. The van der Waals surface area contributed by atoms with Crippen molar-refractivity contribution in [3.63, 3.8) is 0 Å². The fourth-order valence-corrected chi connectivity index (χ4v) is 2.34. The van der Waals surface area contributed by atoms with E-state index in [0.717, 1.165) is 19.3 Å². The van der Waals surface area contributed by atoms with E-state index in [1.54, 1.807) is 13.8 Å². The number of hydrogen-bond donors (Lipinski definition) is 2. The molecule has 0 saturated heterocycles. The molecule has 0 radical (unpaired) electrons. The van der Waals surface area contributed by atoms with Gasteiger partial charge in [-0.1, -0.05) is 51.9 Å². The minimum atomic E-state index is -1.59. The molecular formula is C15H33ClFNO2. The summed E-state index contributed by atoms with van der Waals surface area (Å²) in [5.74, 6) is 0. The maximum absolute atomic E-state index is 14.0. The minimum Gasteiger partial charge on any atom is -1.00 e. The number of rotatable bonds is 12. The van der Waals surface area contributed by atoms with Crippen LogP contribution in [0.4, 0.5) is 4.39 Å². The first-order valence-corrected chi connectivity index (χ1v) is 7.93.